The van der Waals surface area contributed by atoms with Crippen molar-refractivity contribution in [2.24, 2.45) is 0 Å². The molecule has 1 nitrogen and oxygen atoms in total. The van der Waals surface area contributed by atoms with Crippen molar-refractivity contribution in [2.75, 3.05) is 0 Å². The van der Waals surface area contributed by atoms with Crippen LogP contribution in [-0.4, -0.2) is 5.78 Å². The largest absolute Gasteiger partial charge is 0.294 e. The molecule has 21 heavy (non-hydrogen) atoms. The highest BCUT2D eigenvalue weighted by molar-refractivity contribution is 9.10. The summed E-state index contributed by atoms with van der Waals surface area (Å²) in [4.78, 5) is 11.9. The van der Waals surface area contributed by atoms with Crippen LogP contribution in [0.15, 0.2) is 34.8 Å². The van der Waals surface area contributed by atoms with E-state index in [-0.39, 0.29) is 24.0 Å². The molecule has 0 aromatic heterocycles. The Kier molecular flexibility index (Phi) is 4.77. The van der Waals surface area contributed by atoms with E-state index in [4.69, 9.17) is 0 Å². The lowest BCUT2D eigenvalue weighted by molar-refractivity contribution is 0.0979. The van der Waals surface area contributed by atoms with Crippen LogP contribution < -0.4 is 0 Å². The molecule has 0 spiro atoms. The van der Waals surface area contributed by atoms with E-state index in [0.29, 0.717) is 4.47 Å². The minimum Gasteiger partial charge on any atom is -0.294 e. The molecule has 0 atom stereocenters. The van der Waals surface area contributed by atoms with Crippen molar-refractivity contribution in [1.82, 2.24) is 0 Å². The zero-order valence-electron chi connectivity index (χ0n) is 10.6. The number of Topliss-reactive ketones (excluding diaryl/α,β-unsaturated/α-hetero) is 1. The topological polar surface area (TPSA) is 17.1 Å². The van der Waals surface area contributed by atoms with Crippen LogP contribution in [0.4, 0.5) is 17.6 Å². The van der Waals surface area contributed by atoms with Crippen molar-refractivity contribution in [3.8, 4) is 0 Å². The predicted molar refractivity (Wildman–Crippen MR) is 73.1 cm³/mol. The molecular formula is C15H9BrF4O. The van der Waals surface area contributed by atoms with Crippen molar-refractivity contribution in [2.45, 2.75) is 12.8 Å². The molecule has 0 unspecified atom stereocenters. The number of hydrogen-bond acceptors (Lipinski definition) is 1. The van der Waals surface area contributed by atoms with Gasteiger partial charge in [0.05, 0.1) is 5.56 Å². The van der Waals surface area contributed by atoms with E-state index in [1.54, 1.807) is 0 Å². The summed E-state index contributed by atoms with van der Waals surface area (Å²) >= 11 is 3.07. The molecule has 0 N–H and O–H groups in total. The van der Waals surface area contributed by atoms with Gasteiger partial charge in [-0.05, 0) is 42.3 Å². The lowest BCUT2D eigenvalue weighted by atomic mass is 10.0. The standard InChI is InChI=1S/C15H9BrF4O/c16-9-2-3-10(11(17)7-9)14(21)4-1-8-5-12(18)15(20)13(19)6-8/h2-3,5-7H,1,4H2. The van der Waals surface area contributed by atoms with Crippen molar-refractivity contribution in [1.29, 1.82) is 0 Å². The molecule has 2 rings (SSSR count). The summed E-state index contributed by atoms with van der Waals surface area (Å²) in [5, 5.41) is 0. The number of halogens is 5. The second-order valence-corrected chi connectivity index (χ2v) is 5.34. The Morgan fingerprint density at radius 1 is 0.952 bits per heavy atom. The predicted octanol–water partition coefficient (Wildman–Crippen LogP) is 4.82. The van der Waals surface area contributed by atoms with Gasteiger partial charge in [-0.3, -0.25) is 4.79 Å². The van der Waals surface area contributed by atoms with E-state index in [0.717, 1.165) is 18.2 Å². The molecule has 0 aliphatic heterocycles. The smallest absolute Gasteiger partial charge is 0.194 e. The second-order valence-electron chi connectivity index (χ2n) is 4.42. The van der Waals surface area contributed by atoms with Crippen LogP contribution in [0, 0.1) is 23.3 Å². The van der Waals surface area contributed by atoms with Gasteiger partial charge in [0.1, 0.15) is 5.82 Å². The van der Waals surface area contributed by atoms with Gasteiger partial charge in [-0.2, -0.15) is 0 Å². The Bertz CT molecular complexity index is 677. The van der Waals surface area contributed by atoms with Crippen LogP contribution >= 0.6 is 15.9 Å². The molecular weight excluding hydrogens is 352 g/mol. The summed E-state index contributed by atoms with van der Waals surface area (Å²) in [7, 11) is 0. The van der Waals surface area contributed by atoms with Gasteiger partial charge in [-0.1, -0.05) is 15.9 Å². The number of hydrogen-bond donors (Lipinski definition) is 0. The molecule has 2 aromatic carbocycles. The van der Waals surface area contributed by atoms with Crippen molar-refractivity contribution < 1.29 is 22.4 Å². The first kappa shape index (κ1) is 15.7. The molecule has 0 radical (unpaired) electrons. The fourth-order valence-corrected chi connectivity index (χ4v) is 2.19. The normalized spacial score (nSPS) is 10.7. The zero-order chi connectivity index (χ0) is 15.6. The van der Waals surface area contributed by atoms with Crippen molar-refractivity contribution in [3.63, 3.8) is 0 Å². The number of carbonyl (C=O) groups excluding carboxylic acids is 1. The molecule has 0 aliphatic rings. The number of benzene rings is 2. The molecule has 110 valence electrons. The fraction of sp³-hybridized carbons (Fsp3) is 0.133. The van der Waals surface area contributed by atoms with Crippen LogP contribution in [0.3, 0.4) is 0 Å². The minimum atomic E-state index is -1.55. The maximum absolute atomic E-state index is 13.6. The molecule has 0 amide bonds. The first-order valence-electron chi connectivity index (χ1n) is 6.00. The van der Waals surface area contributed by atoms with Gasteiger partial charge in [0.25, 0.3) is 0 Å². The molecule has 0 bridgehead atoms. The zero-order valence-corrected chi connectivity index (χ0v) is 12.2. The Morgan fingerprint density at radius 2 is 1.57 bits per heavy atom. The average molecular weight is 361 g/mol. The Hall–Kier alpha value is -1.69. The summed E-state index contributed by atoms with van der Waals surface area (Å²) in [6.45, 7) is 0. The first-order valence-corrected chi connectivity index (χ1v) is 6.79. The van der Waals surface area contributed by atoms with Gasteiger partial charge < -0.3 is 0 Å². The molecule has 6 heteroatoms. The van der Waals surface area contributed by atoms with Crippen LogP contribution in [0.5, 0.6) is 0 Å². The molecule has 2 aromatic rings. The van der Waals surface area contributed by atoms with E-state index < -0.39 is 29.1 Å². The lowest BCUT2D eigenvalue weighted by Gasteiger charge is -2.05. The highest BCUT2D eigenvalue weighted by Gasteiger charge is 2.14. The van der Waals surface area contributed by atoms with Crippen LogP contribution in [0.25, 0.3) is 0 Å². The van der Waals surface area contributed by atoms with Gasteiger partial charge in [-0.25, -0.2) is 17.6 Å². The molecule has 0 saturated heterocycles. The summed E-state index contributed by atoms with van der Waals surface area (Å²) in [5.74, 6) is -5.35. The SMILES string of the molecule is O=C(CCc1cc(F)c(F)c(F)c1)c1ccc(Br)cc1F. The maximum atomic E-state index is 13.6. The summed E-state index contributed by atoms with van der Waals surface area (Å²) in [5.41, 5.74) is 0.0403. The van der Waals surface area contributed by atoms with Crippen molar-refractivity contribution in [3.05, 3.63) is 69.2 Å². The summed E-state index contributed by atoms with van der Waals surface area (Å²) in [6, 6.07) is 5.65. The van der Waals surface area contributed by atoms with E-state index >= 15 is 0 Å². The minimum absolute atomic E-state index is 0.0115. The second kappa shape index (κ2) is 6.39. The monoisotopic (exact) mass is 360 g/mol. The number of ketones is 1. The summed E-state index contributed by atoms with van der Waals surface area (Å²) in [6.07, 6.45) is -0.147. The third kappa shape index (κ3) is 3.69. The maximum Gasteiger partial charge on any atom is 0.194 e. The Morgan fingerprint density at radius 3 is 2.14 bits per heavy atom. The Labute approximate surface area is 126 Å². The van der Waals surface area contributed by atoms with E-state index in [2.05, 4.69) is 15.9 Å². The van der Waals surface area contributed by atoms with Gasteiger partial charge in [0.15, 0.2) is 23.2 Å². The van der Waals surface area contributed by atoms with E-state index in [1.165, 1.54) is 12.1 Å². The number of rotatable bonds is 4. The summed E-state index contributed by atoms with van der Waals surface area (Å²) < 4.78 is 52.9. The van der Waals surface area contributed by atoms with Gasteiger partial charge in [-0.15, -0.1) is 0 Å². The van der Waals surface area contributed by atoms with Crippen LogP contribution in [-0.2, 0) is 6.42 Å². The number of carbonyl (C=O) groups is 1. The third-order valence-electron chi connectivity index (χ3n) is 2.92. The highest BCUT2D eigenvalue weighted by atomic mass is 79.9. The average Bonchev–Trinajstić information content (AvgIpc) is 2.42. The first-order chi connectivity index (χ1) is 9.88. The van der Waals surface area contributed by atoms with Crippen LogP contribution in [0.2, 0.25) is 0 Å². The third-order valence-corrected chi connectivity index (χ3v) is 3.41. The van der Waals surface area contributed by atoms with Crippen LogP contribution in [0.1, 0.15) is 22.3 Å². The van der Waals surface area contributed by atoms with Gasteiger partial charge >= 0.3 is 0 Å². The van der Waals surface area contributed by atoms with E-state index in [9.17, 15) is 22.4 Å². The van der Waals surface area contributed by atoms with Crippen molar-refractivity contribution >= 4 is 21.7 Å². The lowest BCUT2D eigenvalue weighted by Crippen LogP contribution is -2.05. The van der Waals surface area contributed by atoms with Gasteiger partial charge in [0, 0.05) is 10.9 Å². The highest BCUT2D eigenvalue weighted by Crippen LogP contribution is 2.19. The van der Waals surface area contributed by atoms with Gasteiger partial charge in [0.2, 0.25) is 0 Å². The quantitative estimate of drug-likeness (QED) is 0.434. The molecule has 0 aliphatic carbocycles. The fourth-order valence-electron chi connectivity index (χ4n) is 1.86. The number of aryl methyl sites for hydroxylation is 1. The molecule has 0 heterocycles. The Balaban J connectivity index is 2.11. The van der Waals surface area contributed by atoms with E-state index in [1.807, 2.05) is 0 Å². The molecule has 0 saturated carbocycles. The molecule has 0 fully saturated rings.